The van der Waals surface area contributed by atoms with Crippen LogP contribution in [0.5, 0.6) is 5.88 Å². The Balaban J connectivity index is 1.95. The molecule has 0 saturated heterocycles. The van der Waals surface area contributed by atoms with Crippen LogP contribution in [0.15, 0.2) is 35.4 Å². The summed E-state index contributed by atoms with van der Waals surface area (Å²) in [7, 11) is 1.49. The highest BCUT2D eigenvalue weighted by molar-refractivity contribution is 5.80. The number of fused-ring (bicyclic) bond motifs is 1. The Morgan fingerprint density at radius 3 is 2.44 bits per heavy atom. The van der Waals surface area contributed by atoms with Gasteiger partial charge >= 0.3 is 12.1 Å². The number of carbonyl (C=O) groups is 1. The number of esters is 1. The van der Waals surface area contributed by atoms with E-state index in [1.165, 1.54) is 17.9 Å². The third-order valence-electron chi connectivity index (χ3n) is 4.63. The highest BCUT2D eigenvalue weighted by atomic mass is 19.4. The highest BCUT2D eigenvalue weighted by Gasteiger charge is 2.27. The number of halogens is 3. The molecule has 0 bridgehead atoms. The molecule has 3 rings (SSSR count). The van der Waals surface area contributed by atoms with Crippen molar-refractivity contribution in [1.82, 2.24) is 19.5 Å². The van der Waals surface area contributed by atoms with Gasteiger partial charge in [-0.3, -0.25) is 14.2 Å². The Hall–Kier alpha value is -3.74. The normalized spacial score (nSPS) is 12.0. The lowest BCUT2D eigenvalue weighted by molar-refractivity contribution is -0.174. The molecule has 0 fully saturated rings. The van der Waals surface area contributed by atoms with Crippen LogP contribution >= 0.6 is 0 Å². The topological polar surface area (TPSA) is 117 Å². The Bertz CT molecular complexity index is 1270. The van der Waals surface area contributed by atoms with Crippen LogP contribution in [0.3, 0.4) is 0 Å². The van der Waals surface area contributed by atoms with E-state index in [1.807, 2.05) is 0 Å². The maximum atomic E-state index is 13.2. The minimum atomic E-state index is -4.50. The van der Waals surface area contributed by atoms with Crippen molar-refractivity contribution in [3.63, 3.8) is 0 Å². The van der Waals surface area contributed by atoms with Gasteiger partial charge in [0.05, 0.1) is 19.2 Å². The summed E-state index contributed by atoms with van der Waals surface area (Å²) in [4.78, 5) is 37.9. The van der Waals surface area contributed by atoms with Crippen molar-refractivity contribution in [2.24, 2.45) is 0 Å². The average molecular weight is 509 g/mol. The molecule has 36 heavy (non-hydrogen) atoms. The number of anilines is 1. The molecule has 10 nitrogen and oxygen atoms in total. The standard InChI is InChI=1S/C23H26F3N5O5/c1-22(2,3)36-18(32)12-29-20-21(33)31(7-8-35-13-23(24,25)26)16-9-15(11-28-19(16)30-20)14-5-6-17(34-4)27-10-14/h5-6,9-11H,7-8,12-13H2,1-4H3,(H,28,29,30). The van der Waals surface area contributed by atoms with Crippen molar-refractivity contribution in [2.45, 2.75) is 39.1 Å². The summed E-state index contributed by atoms with van der Waals surface area (Å²) in [6.07, 6.45) is -1.42. The summed E-state index contributed by atoms with van der Waals surface area (Å²) >= 11 is 0. The number of rotatable bonds is 9. The number of carbonyl (C=O) groups excluding carboxylic acids is 1. The number of alkyl halides is 3. The second-order valence-corrected chi connectivity index (χ2v) is 8.68. The smallest absolute Gasteiger partial charge is 0.411 e. The summed E-state index contributed by atoms with van der Waals surface area (Å²) in [5.41, 5.74) is 0.297. The largest absolute Gasteiger partial charge is 0.481 e. The van der Waals surface area contributed by atoms with Crippen LogP contribution < -0.4 is 15.6 Å². The van der Waals surface area contributed by atoms with Crippen molar-refractivity contribution in [2.75, 3.05) is 32.2 Å². The van der Waals surface area contributed by atoms with E-state index < -0.39 is 36.5 Å². The second-order valence-electron chi connectivity index (χ2n) is 8.68. The summed E-state index contributed by atoms with van der Waals surface area (Å²) < 4.78 is 53.6. The van der Waals surface area contributed by atoms with Gasteiger partial charge in [0.15, 0.2) is 11.5 Å². The Kier molecular flexibility index (Phi) is 8.13. The van der Waals surface area contributed by atoms with Crippen LogP contribution in [0.25, 0.3) is 22.3 Å². The quantitative estimate of drug-likeness (QED) is 0.343. The van der Waals surface area contributed by atoms with Crippen LogP contribution in [0.4, 0.5) is 19.0 Å². The molecule has 3 aromatic heterocycles. The molecule has 1 N–H and O–H groups in total. The Morgan fingerprint density at radius 1 is 1.11 bits per heavy atom. The summed E-state index contributed by atoms with van der Waals surface area (Å²) in [6.45, 7) is 2.72. The number of hydrogen-bond acceptors (Lipinski definition) is 9. The van der Waals surface area contributed by atoms with Crippen LogP contribution in [-0.4, -0.2) is 64.1 Å². The summed E-state index contributed by atoms with van der Waals surface area (Å²) in [5.74, 6) is -0.400. The van der Waals surface area contributed by atoms with E-state index in [0.717, 1.165) is 0 Å². The summed E-state index contributed by atoms with van der Waals surface area (Å²) in [6, 6.07) is 5.02. The average Bonchev–Trinajstić information content (AvgIpc) is 2.79. The molecule has 0 amide bonds. The lowest BCUT2D eigenvalue weighted by atomic mass is 10.1. The fourth-order valence-electron chi connectivity index (χ4n) is 3.17. The van der Waals surface area contributed by atoms with Gasteiger partial charge in [0.1, 0.15) is 18.8 Å². The molecule has 0 aliphatic heterocycles. The number of ether oxygens (including phenoxy) is 3. The zero-order chi connectivity index (χ0) is 26.5. The number of hydrogen-bond donors (Lipinski definition) is 1. The second kappa shape index (κ2) is 10.9. The maximum Gasteiger partial charge on any atom is 0.411 e. The SMILES string of the molecule is COc1ccc(-c2cnc3nc(NCC(=O)OC(C)(C)C)c(=O)n(CCOCC(F)(F)F)c3c2)cn1. The molecule has 0 aromatic carbocycles. The number of aromatic nitrogens is 4. The number of nitrogens with one attached hydrogen (secondary N) is 1. The number of methoxy groups -OCH3 is 1. The van der Waals surface area contributed by atoms with Gasteiger partial charge in [0.25, 0.3) is 5.56 Å². The Labute approximate surface area is 204 Å². The predicted molar refractivity (Wildman–Crippen MR) is 125 cm³/mol. The van der Waals surface area contributed by atoms with Gasteiger partial charge in [-0.2, -0.15) is 13.2 Å². The monoisotopic (exact) mass is 509 g/mol. The molecular formula is C23H26F3N5O5. The van der Waals surface area contributed by atoms with E-state index in [0.29, 0.717) is 17.0 Å². The first kappa shape index (κ1) is 26.9. The molecule has 194 valence electrons. The van der Waals surface area contributed by atoms with Crippen molar-refractivity contribution in [3.8, 4) is 17.0 Å². The first-order chi connectivity index (χ1) is 16.9. The molecule has 3 aromatic rings. The van der Waals surface area contributed by atoms with Gasteiger partial charge < -0.3 is 19.5 Å². The van der Waals surface area contributed by atoms with Crippen LogP contribution in [0.1, 0.15) is 20.8 Å². The minimum Gasteiger partial charge on any atom is -0.481 e. The molecule has 3 heterocycles. The molecule has 13 heteroatoms. The van der Waals surface area contributed by atoms with E-state index in [9.17, 15) is 22.8 Å². The maximum absolute atomic E-state index is 13.2. The molecule has 0 aliphatic carbocycles. The molecule has 0 atom stereocenters. The molecule has 0 aliphatic rings. The predicted octanol–water partition coefficient (Wildman–Crippen LogP) is 3.19. The minimum absolute atomic E-state index is 0.141. The van der Waals surface area contributed by atoms with Crippen LogP contribution in [0, 0.1) is 0 Å². The van der Waals surface area contributed by atoms with E-state index in [4.69, 9.17) is 14.2 Å². The zero-order valence-electron chi connectivity index (χ0n) is 20.2. The third-order valence-corrected chi connectivity index (χ3v) is 4.63. The Morgan fingerprint density at radius 2 is 1.83 bits per heavy atom. The summed E-state index contributed by atoms with van der Waals surface area (Å²) in [5, 5.41) is 2.64. The first-order valence-corrected chi connectivity index (χ1v) is 10.9. The van der Waals surface area contributed by atoms with Gasteiger partial charge in [-0.1, -0.05) is 0 Å². The fourth-order valence-corrected chi connectivity index (χ4v) is 3.17. The van der Waals surface area contributed by atoms with Crippen molar-refractivity contribution < 1.29 is 32.2 Å². The fraction of sp³-hybridized carbons (Fsp3) is 0.435. The molecular weight excluding hydrogens is 483 g/mol. The molecule has 0 spiro atoms. The van der Waals surface area contributed by atoms with Gasteiger partial charge in [-0.05, 0) is 32.9 Å². The van der Waals surface area contributed by atoms with E-state index in [1.54, 1.807) is 45.2 Å². The van der Waals surface area contributed by atoms with E-state index >= 15 is 0 Å². The highest BCUT2D eigenvalue weighted by Crippen LogP contribution is 2.23. The molecule has 0 unspecified atom stereocenters. The van der Waals surface area contributed by atoms with Crippen molar-refractivity contribution >= 4 is 23.0 Å². The zero-order valence-corrected chi connectivity index (χ0v) is 20.2. The van der Waals surface area contributed by atoms with Gasteiger partial charge in [0.2, 0.25) is 5.88 Å². The van der Waals surface area contributed by atoms with Gasteiger partial charge in [-0.15, -0.1) is 0 Å². The van der Waals surface area contributed by atoms with Crippen LogP contribution in [-0.2, 0) is 20.8 Å². The lowest BCUT2D eigenvalue weighted by Crippen LogP contribution is -2.32. The first-order valence-electron chi connectivity index (χ1n) is 10.9. The van der Waals surface area contributed by atoms with Crippen molar-refractivity contribution in [3.05, 3.63) is 40.9 Å². The third kappa shape index (κ3) is 7.38. The van der Waals surface area contributed by atoms with E-state index in [2.05, 4.69) is 20.3 Å². The number of pyridine rings is 2. The molecule has 0 saturated carbocycles. The van der Waals surface area contributed by atoms with Gasteiger partial charge in [0, 0.05) is 36.1 Å². The lowest BCUT2D eigenvalue weighted by Gasteiger charge is -2.19. The number of nitrogens with zero attached hydrogens (tertiary/aromatic N) is 4. The van der Waals surface area contributed by atoms with E-state index in [-0.39, 0.29) is 30.1 Å². The van der Waals surface area contributed by atoms with Crippen molar-refractivity contribution in [1.29, 1.82) is 0 Å². The van der Waals surface area contributed by atoms with Crippen LogP contribution in [0.2, 0.25) is 0 Å². The molecule has 0 radical (unpaired) electrons. The van der Waals surface area contributed by atoms with Gasteiger partial charge in [-0.25, -0.2) is 15.0 Å².